The van der Waals surface area contributed by atoms with Gasteiger partial charge in [-0.25, -0.2) is 0 Å². The normalized spacial score (nSPS) is 11.8. The number of nitrogens with one attached hydrogen (secondary N) is 2. The van der Waals surface area contributed by atoms with Gasteiger partial charge in [0.2, 0.25) is 0 Å². The second-order valence-electron chi connectivity index (χ2n) is 4.70. The fourth-order valence-corrected chi connectivity index (χ4v) is 1.90. The molecule has 0 aromatic heterocycles. The van der Waals surface area contributed by atoms with Crippen LogP contribution in [-0.2, 0) is 22.4 Å². The van der Waals surface area contributed by atoms with E-state index in [9.17, 15) is 9.59 Å². The lowest BCUT2D eigenvalue weighted by Crippen LogP contribution is -2.42. The summed E-state index contributed by atoms with van der Waals surface area (Å²) in [6.45, 7) is 5.55. The molecule has 0 saturated carbocycles. The summed E-state index contributed by atoms with van der Waals surface area (Å²) in [5, 5.41) is 13.8. The van der Waals surface area contributed by atoms with Crippen molar-refractivity contribution in [3.63, 3.8) is 0 Å². The summed E-state index contributed by atoms with van der Waals surface area (Å²) in [6, 6.07) is 5.20. The summed E-state index contributed by atoms with van der Waals surface area (Å²) in [6.07, 6.45) is 1.81. The van der Waals surface area contributed by atoms with Gasteiger partial charge in [-0.15, -0.1) is 0 Å². The van der Waals surface area contributed by atoms with Gasteiger partial charge in [0.15, 0.2) is 0 Å². The van der Waals surface area contributed by atoms with Crippen molar-refractivity contribution in [3.05, 3.63) is 29.3 Å². The number of benzene rings is 1. The van der Waals surface area contributed by atoms with E-state index in [0.717, 1.165) is 18.4 Å². The molecule has 1 rings (SSSR count). The van der Waals surface area contributed by atoms with Gasteiger partial charge in [0, 0.05) is 11.7 Å². The average molecular weight is 278 g/mol. The summed E-state index contributed by atoms with van der Waals surface area (Å²) in [5.41, 5.74) is 3.01. The van der Waals surface area contributed by atoms with E-state index in [0.29, 0.717) is 5.69 Å². The molecule has 2 amide bonds. The highest BCUT2D eigenvalue weighted by Gasteiger charge is 2.16. The third-order valence-corrected chi connectivity index (χ3v) is 3.08. The Labute approximate surface area is 119 Å². The number of aliphatic hydroxyl groups excluding tert-OH is 1. The van der Waals surface area contributed by atoms with Crippen LogP contribution in [0.2, 0.25) is 0 Å². The first-order valence-electron chi connectivity index (χ1n) is 6.86. The number of amides is 2. The molecule has 110 valence electrons. The Morgan fingerprint density at radius 3 is 2.35 bits per heavy atom. The number of hydrogen-bond donors (Lipinski definition) is 3. The number of rotatable bonds is 5. The van der Waals surface area contributed by atoms with Crippen LogP contribution >= 0.6 is 0 Å². The molecule has 0 aliphatic carbocycles. The van der Waals surface area contributed by atoms with Crippen LogP contribution in [0.5, 0.6) is 0 Å². The Bertz CT molecular complexity index is 486. The lowest BCUT2D eigenvalue weighted by atomic mass is 10.0. The lowest BCUT2D eigenvalue weighted by Gasteiger charge is -2.12. The first-order chi connectivity index (χ1) is 9.51. The number of anilines is 1. The molecule has 0 fully saturated rings. The van der Waals surface area contributed by atoms with Gasteiger partial charge in [-0.3, -0.25) is 9.59 Å². The van der Waals surface area contributed by atoms with Gasteiger partial charge in [0.25, 0.3) is 0 Å². The summed E-state index contributed by atoms with van der Waals surface area (Å²) in [7, 11) is 0. The minimum absolute atomic E-state index is 0.204. The zero-order valence-corrected chi connectivity index (χ0v) is 12.2. The van der Waals surface area contributed by atoms with Crippen LogP contribution in [0.25, 0.3) is 0 Å². The minimum Gasteiger partial charge on any atom is -0.394 e. The Balaban J connectivity index is 2.73. The van der Waals surface area contributed by atoms with Gasteiger partial charge >= 0.3 is 11.8 Å². The third kappa shape index (κ3) is 4.35. The molecule has 0 spiro atoms. The molecular formula is C15H22N2O3. The van der Waals surface area contributed by atoms with Crippen molar-refractivity contribution >= 4 is 17.5 Å². The van der Waals surface area contributed by atoms with Gasteiger partial charge in [-0.1, -0.05) is 19.9 Å². The zero-order valence-electron chi connectivity index (χ0n) is 12.2. The number of carbonyl (C=O) groups is 2. The highest BCUT2D eigenvalue weighted by Crippen LogP contribution is 2.17. The van der Waals surface area contributed by atoms with Gasteiger partial charge in [-0.05, 0) is 43.0 Å². The van der Waals surface area contributed by atoms with Crippen molar-refractivity contribution in [3.8, 4) is 0 Å². The molecule has 1 atom stereocenters. The van der Waals surface area contributed by atoms with Gasteiger partial charge < -0.3 is 15.7 Å². The van der Waals surface area contributed by atoms with E-state index in [-0.39, 0.29) is 6.61 Å². The van der Waals surface area contributed by atoms with Crippen molar-refractivity contribution in [1.29, 1.82) is 0 Å². The van der Waals surface area contributed by atoms with Gasteiger partial charge in [0.05, 0.1) is 6.61 Å². The summed E-state index contributed by atoms with van der Waals surface area (Å²) >= 11 is 0. The molecule has 1 unspecified atom stereocenters. The van der Waals surface area contributed by atoms with E-state index >= 15 is 0 Å². The fourth-order valence-electron chi connectivity index (χ4n) is 1.90. The van der Waals surface area contributed by atoms with Crippen LogP contribution in [0.3, 0.4) is 0 Å². The van der Waals surface area contributed by atoms with E-state index in [4.69, 9.17) is 5.11 Å². The maximum atomic E-state index is 11.7. The highest BCUT2D eigenvalue weighted by atomic mass is 16.3. The van der Waals surface area contributed by atoms with E-state index < -0.39 is 17.9 Å². The van der Waals surface area contributed by atoms with Crippen molar-refractivity contribution in [1.82, 2.24) is 5.32 Å². The average Bonchev–Trinajstić information content (AvgIpc) is 2.46. The number of hydrogen-bond acceptors (Lipinski definition) is 3. The topological polar surface area (TPSA) is 78.4 Å². The molecule has 0 radical (unpaired) electrons. The molecular weight excluding hydrogens is 256 g/mol. The van der Waals surface area contributed by atoms with Crippen LogP contribution in [0.1, 0.15) is 31.9 Å². The van der Waals surface area contributed by atoms with Crippen LogP contribution < -0.4 is 10.6 Å². The monoisotopic (exact) mass is 278 g/mol. The molecule has 1 aromatic rings. The third-order valence-electron chi connectivity index (χ3n) is 3.08. The minimum atomic E-state index is -0.746. The predicted molar refractivity (Wildman–Crippen MR) is 78.5 cm³/mol. The van der Waals surface area contributed by atoms with Crippen LogP contribution in [-0.4, -0.2) is 29.6 Å². The maximum Gasteiger partial charge on any atom is 0.313 e. The Hall–Kier alpha value is -1.88. The zero-order chi connectivity index (χ0) is 15.1. The predicted octanol–water partition coefficient (Wildman–Crippen LogP) is 1.25. The van der Waals surface area contributed by atoms with Crippen LogP contribution in [0.4, 0.5) is 5.69 Å². The SMILES string of the molecule is CCc1ccc(NC(=O)C(=O)NC(C)CO)cc1CC. The highest BCUT2D eigenvalue weighted by molar-refractivity contribution is 6.39. The molecule has 1 aromatic carbocycles. The number of carbonyl (C=O) groups excluding carboxylic acids is 2. The number of aliphatic hydroxyl groups is 1. The van der Waals surface area contributed by atoms with Crippen molar-refractivity contribution in [2.24, 2.45) is 0 Å². The second kappa shape index (κ2) is 7.65. The molecule has 0 bridgehead atoms. The second-order valence-corrected chi connectivity index (χ2v) is 4.70. The Morgan fingerprint density at radius 1 is 1.15 bits per heavy atom. The smallest absolute Gasteiger partial charge is 0.313 e. The molecule has 0 aliphatic rings. The number of aryl methyl sites for hydroxylation is 2. The molecule has 3 N–H and O–H groups in total. The van der Waals surface area contributed by atoms with Crippen LogP contribution in [0, 0.1) is 0 Å². The van der Waals surface area contributed by atoms with Crippen molar-refractivity contribution in [2.45, 2.75) is 39.7 Å². The van der Waals surface area contributed by atoms with Crippen LogP contribution in [0.15, 0.2) is 18.2 Å². The molecule has 5 heteroatoms. The Kier molecular flexibility index (Phi) is 6.18. The molecule has 0 heterocycles. The van der Waals surface area contributed by atoms with E-state index in [1.165, 1.54) is 5.56 Å². The first-order valence-corrected chi connectivity index (χ1v) is 6.86. The lowest BCUT2D eigenvalue weighted by molar-refractivity contribution is -0.136. The largest absolute Gasteiger partial charge is 0.394 e. The Morgan fingerprint density at radius 2 is 1.80 bits per heavy atom. The molecule has 0 saturated heterocycles. The van der Waals surface area contributed by atoms with Gasteiger partial charge in [0.1, 0.15) is 0 Å². The fraction of sp³-hybridized carbons (Fsp3) is 0.467. The van der Waals surface area contributed by atoms with E-state index in [1.54, 1.807) is 13.0 Å². The van der Waals surface area contributed by atoms with Crippen molar-refractivity contribution in [2.75, 3.05) is 11.9 Å². The summed E-state index contributed by atoms with van der Waals surface area (Å²) in [4.78, 5) is 23.3. The molecule has 5 nitrogen and oxygen atoms in total. The summed E-state index contributed by atoms with van der Waals surface area (Å²) in [5.74, 6) is -1.47. The van der Waals surface area contributed by atoms with Gasteiger partial charge in [-0.2, -0.15) is 0 Å². The molecule has 20 heavy (non-hydrogen) atoms. The maximum absolute atomic E-state index is 11.7. The summed E-state index contributed by atoms with van der Waals surface area (Å²) < 4.78 is 0. The quantitative estimate of drug-likeness (QED) is 0.709. The van der Waals surface area contributed by atoms with E-state index in [1.807, 2.05) is 12.1 Å². The van der Waals surface area contributed by atoms with Crippen molar-refractivity contribution < 1.29 is 14.7 Å². The first kappa shape index (κ1) is 16.2. The molecule has 0 aliphatic heterocycles. The van der Waals surface area contributed by atoms with E-state index in [2.05, 4.69) is 24.5 Å². The standard InChI is InChI=1S/C15H22N2O3/c1-4-11-6-7-13(8-12(11)5-2)17-15(20)14(19)16-10(3)9-18/h6-8,10,18H,4-5,9H2,1-3H3,(H,16,19)(H,17,20).